The number of benzene rings is 2. The molecule has 0 aromatic heterocycles. The number of aliphatic hydroxyl groups is 1. The fourth-order valence-corrected chi connectivity index (χ4v) is 3.78. The average molecular weight is 346 g/mol. The fraction of sp³-hybridized carbons (Fsp3) is 0.333. The molecule has 0 saturated heterocycles. The van der Waals surface area contributed by atoms with E-state index in [2.05, 4.69) is 40.2 Å². The zero-order valence-corrected chi connectivity index (χ0v) is 13.4. The van der Waals surface area contributed by atoms with E-state index in [9.17, 15) is 5.11 Å². The first-order chi connectivity index (χ1) is 10.2. The van der Waals surface area contributed by atoms with Crippen LogP contribution in [0.1, 0.15) is 29.4 Å². The molecule has 0 heterocycles. The molecule has 3 N–H and O–H groups in total. The molecule has 1 aliphatic rings. The van der Waals surface area contributed by atoms with Crippen molar-refractivity contribution in [3.05, 3.63) is 70.2 Å². The van der Waals surface area contributed by atoms with Gasteiger partial charge in [0.05, 0.1) is 6.10 Å². The van der Waals surface area contributed by atoms with Crippen molar-refractivity contribution < 1.29 is 5.11 Å². The molecule has 0 bridgehead atoms. The average Bonchev–Trinajstić information content (AvgIpc) is 3.31. The Kier molecular flexibility index (Phi) is 4.43. The molecule has 1 aliphatic carbocycles. The first-order valence-corrected chi connectivity index (χ1v) is 8.19. The topological polar surface area (TPSA) is 46.2 Å². The molecule has 0 aliphatic heterocycles. The van der Waals surface area contributed by atoms with Crippen LogP contribution in [-0.2, 0) is 0 Å². The Bertz CT molecular complexity index is 601. The van der Waals surface area contributed by atoms with Crippen molar-refractivity contribution >= 4 is 15.9 Å². The van der Waals surface area contributed by atoms with E-state index in [4.69, 9.17) is 5.73 Å². The number of hydrogen-bond acceptors (Lipinski definition) is 2. The van der Waals surface area contributed by atoms with Crippen LogP contribution in [0.3, 0.4) is 0 Å². The lowest BCUT2D eigenvalue weighted by molar-refractivity contribution is 0.120. The molecular formula is C18H20BrNO. The minimum atomic E-state index is -0.390. The van der Waals surface area contributed by atoms with Crippen molar-refractivity contribution in [3.8, 4) is 0 Å². The van der Waals surface area contributed by atoms with Gasteiger partial charge in [0.2, 0.25) is 0 Å². The summed E-state index contributed by atoms with van der Waals surface area (Å²) in [5, 5.41) is 10.8. The maximum atomic E-state index is 10.8. The van der Waals surface area contributed by atoms with E-state index in [0.717, 1.165) is 16.5 Å². The number of hydrogen-bond donors (Lipinski definition) is 2. The molecule has 21 heavy (non-hydrogen) atoms. The molecule has 2 nitrogen and oxygen atoms in total. The third-order valence-corrected chi connectivity index (χ3v) is 5.20. The van der Waals surface area contributed by atoms with Crippen LogP contribution in [0.2, 0.25) is 0 Å². The van der Waals surface area contributed by atoms with Gasteiger partial charge in [-0.15, -0.1) is 0 Å². The predicted octanol–water partition coefficient (Wildman–Crippen LogP) is 3.66. The Morgan fingerprint density at radius 3 is 2.43 bits per heavy atom. The van der Waals surface area contributed by atoms with Gasteiger partial charge in [-0.25, -0.2) is 0 Å². The van der Waals surface area contributed by atoms with Crippen LogP contribution < -0.4 is 5.73 Å². The SMILES string of the molecule is NCC(c1ccccc1Br)C(O)C1CC1c1ccccc1. The zero-order valence-electron chi connectivity index (χ0n) is 11.8. The summed E-state index contributed by atoms with van der Waals surface area (Å²) in [6.07, 6.45) is 0.658. The first-order valence-electron chi connectivity index (χ1n) is 7.40. The molecule has 0 spiro atoms. The van der Waals surface area contributed by atoms with E-state index >= 15 is 0 Å². The molecule has 4 unspecified atom stereocenters. The molecule has 3 rings (SSSR count). The van der Waals surface area contributed by atoms with Gasteiger partial charge in [-0.05, 0) is 35.4 Å². The van der Waals surface area contributed by atoms with Gasteiger partial charge in [0.25, 0.3) is 0 Å². The van der Waals surface area contributed by atoms with Crippen molar-refractivity contribution in [2.24, 2.45) is 11.7 Å². The van der Waals surface area contributed by atoms with Crippen LogP contribution in [-0.4, -0.2) is 17.8 Å². The van der Waals surface area contributed by atoms with Gasteiger partial charge in [0.1, 0.15) is 0 Å². The van der Waals surface area contributed by atoms with E-state index < -0.39 is 0 Å². The Labute approximate surface area is 134 Å². The van der Waals surface area contributed by atoms with Crippen molar-refractivity contribution in [3.63, 3.8) is 0 Å². The summed E-state index contributed by atoms with van der Waals surface area (Å²) in [5.41, 5.74) is 8.37. The monoisotopic (exact) mass is 345 g/mol. The molecule has 2 aromatic carbocycles. The lowest BCUT2D eigenvalue weighted by Gasteiger charge is -2.23. The minimum Gasteiger partial charge on any atom is -0.392 e. The van der Waals surface area contributed by atoms with Crippen molar-refractivity contribution in [1.82, 2.24) is 0 Å². The zero-order chi connectivity index (χ0) is 14.8. The van der Waals surface area contributed by atoms with Gasteiger partial charge in [0, 0.05) is 16.9 Å². The molecule has 4 atom stereocenters. The molecule has 1 saturated carbocycles. The maximum absolute atomic E-state index is 10.8. The molecule has 3 heteroatoms. The van der Waals surface area contributed by atoms with Crippen molar-refractivity contribution in [2.45, 2.75) is 24.4 Å². The molecule has 0 radical (unpaired) electrons. The number of nitrogens with two attached hydrogens (primary N) is 1. The Balaban J connectivity index is 1.76. The number of rotatable bonds is 5. The highest BCUT2D eigenvalue weighted by molar-refractivity contribution is 9.10. The van der Waals surface area contributed by atoms with Crippen LogP contribution >= 0.6 is 15.9 Å². The van der Waals surface area contributed by atoms with Crippen LogP contribution in [0, 0.1) is 5.92 Å². The number of halogens is 1. The molecule has 1 fully saturated rings. The highest BCUT2D eigenvalue weighted by Gasteiger charge is 2.46. The van der Waals surface area contributed by atoms with E-state index in [0.29, 0.717) is 18.4 Å². The first kappa shape index (κ1) is 14.8. The van der Waals surface area contributed by atoms with E-state index in [1.54, 1.807) is 0 Å². The lowest BCUT2D eigenvalue weighted by atomic mass is 9.89. The summed E-state index contributed by atoms with van der Waals surface area (Å²) in [4.78, 5) is 0. The molecular weight excluding hydrogens is 326 g/mol. The highest BCUT2D eigenvalue weighted by atomic mass is 79.9. The van der Waals surface area contributed by atoms with E-state index in [1.165, 1.54) is 5.56 Å². The molecule has 2 aromatic rings. The Hall–Kier alpha value is -1.16. The third kappa shape index (κ3) is 3.05. The Morgan fingerprint density at radius 2 is 1.76 bits per heavy atom. The summed E-state index contributed by atoms with van der Waals surface area (Å²) in [6, 6.07) is 18.5. The standard InChI is InChI=1S/C18H20BrNO/c19-17-9-5-4-8-13(17)16(11-20)18(21)15-10-14(15)12-6-2-1-3-7-12/h1-9,14-16,18,21H,10-11,20H2. The summed E-state index contributed by atoms with van der Waals surface area (Å²) in [6.45, 7) is 0.460. The minimum absolute atomic E-state index is 0.0145. The highest BCUT2D eigenvalue weighted by Crippen LogP contribution is 2.52. The van der Waals surface area contributed by atoms with Gasteiger partial charge in [-0.2, -0.15) is 0 Å². The van der Waals surface area contributed by atoms with Gasteiger partial charge in [-0.1, -0.05) is 64.5 Å². The second-order valence-corrected chi connectivity index (χ2v) is 6.63. The summed E-state index contributed by atoms with van der Waals surface area (Å²) in [5.74, 6) is 0.769. The van der Waals surface area contributed by atoms with Crippen LogP contribution in [0.5, 0.6) is 0 Å². The van der Waals surface area contributed by atoms with Crippen molar-refractivity contribution in [1.29, 1.82) is 0 Å². The molecule has 110 valence electrons. The smallest absolute Gasteiger partial charge is 0.0655 e. The lowest BCUT2D eigenvalue weighted by Crippen LogP contribution is -2.28. The van der Waals surface area contributed by atoms with Gasteiger partial charge >= 0.3 is 0 Å². The van der Waals surface area contributed by atoms with E-state index in [1.807, 2.05) is 30.3 Å². The quantitative estimate of drug-likeness (QED) is 0.868. The van der Waals surface area contributed by atoms with Gasteiger partial charge in [0.15, 0.2) is 0 Å². The summed E-state index contributed by atoms with van der Waals surface area (Å²) in [7, 11) is 0. The Morgan fingerprint density at radius 1 is 1.10 bits per heavy atom. The van der Waals surface area contributed by atoms with Gasteiger partial charge in [-0.3, -0.25) is 0 Å². The van der Waals surface area contributed by atoms with Crippen LogP contribution in [0.15, 0.2) is 59.1 Å². The second kappa shape index (κ2) is 6.30. The van der Waals surface area contributed by atoms with E-state index in [-0.39, 0.29) is 12.0 Å². The van der Waals surface area contributed by atoms with Crippen LogP contribution in [0.4, 0.5) is 0 Å². The summed E-state index contributed by atoms with van der Waals surface area (Å²) < 4.78 is 1.02. The third-order valence-electron chi connectivity index (χ3n) is 4.48. The largest absolute Gasteiger partial charge is 0.392 e. The maximum Gasteiger partial charge on any atom is 0.0655 e. The normalized spacial score (nSPS) is 23.6. The second-order valence-electron chi connectivity index (χ2n) is 5.77. The molecule has 0 amide bonds. The number of aliphatic hydroxyl groups excluding tert-OH is 1. The fourth-order valence-electron chi connectivity index (χ4n) is 3.20. The predicted molar refractivity (Wildman–Crippen MR) is 89.2 cm³/mol. The van der Waals surface area contributed by atoms with Gasteiger partial charge < -0.3 is 10.8 Å². The summed E-state index contributed by atoms with van der Waals surface area (Å²) >= 11 is 3.57. The van der Waals surface area contributed by atoms with Crippen LogP contribution in [0.25, 0.3) is 0 Å². The van der Waals surface area contributed by atoms with Crippen molar-refractivity contribution in [2.75, 3.05) is 6.54 Å².